The van der Waals surface area contributed by atoms with Gasteiger partial charge in [-0.25, -0.2) is 4.79 Å². The van der Waals surface area contributed by atoms with E-state index in [-0.39, 0.29) is 5.76 Å². The lowest BCUT2D eigenvalue weighted by atomic mass is 9.90. The lowest BCUT2D eigenvalue weighted by Crippen LogP contribution is -2.37. The molecule has 4 rings (SSSR count). The van der Waals surface area contributed by atoms with Crippen molar-refractivity contribution in [2.24, 2.45) is 5.92 Å². The SMILES string of the molecule is O=c1oc2ccc(Cl)cc2n1CN1CCC(Cc2ccccc2)CC1. The predicted octanol–water partition coefficient (Wildman–Crippen LogP) is 4.16. The minimum atomic E-state index is -0.316. The third kappa shape index (κ3) is 3.65. The van der Waals surface area contributed by atoms with Crippen molar-refractivity contribution in [1.29, 1.82) is 0 Å². The van der Waals surface area contributed by atoms with Crippen molar-refractivity contribution in [2.45, 2.75) is 25.9 Å². The molecule has 3 aromatic rings. The highest BCUT2D eigenvalue weighted by atomic mass is 35.5. The maximum absolute atomic E-state index is 12.2. The van der Waals surface area contributed by atoms with Gasteiger partial charge in [-0.1, -0.05) is 41.9 Å². The minimum absolute atomic E-state index is 0.316. The smallest absolute Gasteiger partial charge is 0.408 e. The van der Waals surface area contributed by atoms with Crippen LogP contribution in [0.3, 0.4) is 0 Å². The lowest BCUT2D eigenvalue weighted by Gasteiger charge is -2.31. The summed E-state index contributed by atoms with van der Waals surface area (Å²) in [6.07, 6.45) is 3.44. The molecule has 130 valence electrons. The molecule has 0 saturated carbocycles. The second kappa shape index (κ2) is 7.06. The van der Waals surface area contributed by atoms with Crippen molar-refractivity contribution >= 4 is 22.7 Å². The Morgan fingerprint density at radius 3 is 2.60 bits per heavy atom. The molecule has 0 atom stereocenters. The van der Waals surface area contributed by atoms with Crippen molar-refractivity contribution < 1.29 is 4.42 Å². The molecule has 0 spiro atoms. The van der Waals surface area contributed by atoms with Gasteiger partial charge >= 0.3 is 5.76 Å². The fourth-order valence-corrected chi connectivity index (χ4v) is 3.81. The van der Waals surface area contributed by atoms with Crippen molar-refractivity contribution in [2.75, 3.05) is 13.1 Å². The molecule has 2 heterocycles. The molecule has 0 aliphatic carbocycles. The van der Waals surface area contributed by atoms with Gasteiger partial charge in [0.2, 0.25) is 0 Å². The summed E-state index contributed by atoms with van der Waals surface area (Å²) in [5.41, 5.74) is 2.77. The number of oxazole rings is 1. The summed E-state index contributed by atoms with van der Waals surface area (Å²) in [7, 11) is 0. The van der Waals surface area contributed by atoms with Crippen LogP contribution >= 0.6 is 11.6 Å². The second-order valence-electron chi connectivity index (χ2n) is 6.80. The number of aromatic nitrogens is 1. The Bertz CT molecular complexity index is 908. The van der Waals surface area contributed by atoms with E-state index in [1.807, 2.05) is 0 Å². The average Bonchev–Trinajstić information content (AvgIpc) is 2.93. The lowest BCUT2D eigenvalue weighted by molar-refractivity contribution is 0.145. The van der Waals surface area contributed by atoms with Gasteiger partial charge in [-0.3, -0.25) is 9.47 Å². The largest absolute Gasteiger partial charge is 0.421 e. The fraction of sp³-hybridized carbons (Fsp3) is 0.350. The molecule has 0 N–H and O–H groups in total. The monoisotopic (exact) mass is 356 g/mol. The summed E-state index contributed by atoms with van der Waals surface area (Å²) in [6.45, 7) is 2.55. The first-order chi connectivity index (χ1) is 12.2. The average molecular weight is 357 g/mol. The van der Waals surface area contributed by atoms with Crippen LogP contribution in [0, 0.1) is 5.92 Å². The molecule has 4 nitrogen and oxygen atoms in total. The molecular weight excluding hydrogens is 336 g/mol. The number of hydrogen-bond donors (Lipinski definition) is 0. The van der Waals surface area contributed by atoms with E-state index in [0.717, 1.165) is 37.9 Å². The molecule has 0 radical (unpaired) electrons. The van der Waals surface area contributed by atoms with Gasteiger partial charge < -0.3 is 4.42 Å². The Labute approximate surface area is 151 Å². The number of rotatable bonds is 4. The van der Waals surface area contributed by atoms with Crippen LogP contribution in [0.15, 0.2) is 57.7 Å². The molecule has 1 saturated heterocycles. The minimum Gasteiger partial charge on any atom is -0.408 e. The van der Waals surface area contributed by atoms with Crippen LogP contribution in [0.2, 0.25) is 5.02 Å². The van der Waals surface area contributed by atoms with Crippen LogP contribution in [0.5, 0.6) is 0 Å². The highest BCUT2D eigenvalue weighted by Crippen LogP contribution is 2.23. The topological polar surface area (TPSA) is 38.4 Å². The van der Waals surface area contributed by atoms with E-state index < -0.39 is 0 Å². The van der Waals surface area contributed by atoms with Gasteiger partial charge in [-0.05, 0) is 48.9 Å². The van der Waals surface area contributed by atoms with E-state index in [0.29, 0.717) is 23.2 Å². The Morgan fingerprint density at radius 1 is 1.08 bits per heavy atom. The zero-order valence-electron chi connectivity index (χ0n) is 14.0. The molecule has 0 bridgehead atoms. The van der Waals surface area contributed by atoms with E-state index in [1.54, 1.807) is 22.8 Å². The number of nitrogens with zero attached hydrogens (tertiary/aromatic N) is 2. The van der Waals surface area contributed by atoms with Crippen LogP contribution in [-0.4, -0.2) is 22.6 Å². The predicted molar refractivity (Wildman–Crippen MR) is 99.9 cm³/mol. The van der Waals surface area contributed by atoms with Gasteiger partial charge in [0.1, 0.15) is 0 Å². The van der Waals surface area contributed by atoms with Crippen molar-refractivity contribution in [3.63, 3.8) is 0 Å². The highest BCUT2D eigenvalue weighted by Gasteiger charge is 2.21. The quantitative estimate of drug-likeness (QED) is 0.704. The highest BCUT2D eigenvalue weighted by molar-refractivity contribution is 6.31. The summed E-state index contributed by atoms with van der Waals surface area (Å²) in [6, 6.07) is 16.0. The second-order valence-corrected chi connectivity index (χ2v) is 7.24. The van der Waals surface area contributed by atoms with Crippen LogP contribution in [0.1, 0.15) is 18.4 Å². The first kappa shape index (κ1) is 16.4. The van der Waals surface area contributed by atoms with Crippen LogP contribution < -0.4 is 5.76 Å². The summed E-state index contributed by atoms with van der Waals surface area (Å²) in [5.74, 6) is 0.398. The standard InChI is InChI=1S/C20H21ClN2O2/c21-17-6-7-19-18(13-17)23(20(24)25-19)14-22-10-8-16(9-11-22)12-15-4-2-1-3-5-15/h1-7,13,16H,8-12,14H2. The molecule has 25 heavy (non-hydrogen) atoms. The third-order valence-corrected chi connectivity index (χ3v) is 5.28. The van der Waals surface area contributed by atoms with Gasteiger partial charge in [0.05, 0.1) is 12.2 Å². The Balaban J connectivity index is 1.41. The molecule has 1 fully saturated rings. The van der Waals surface area contributed by atoms with Gasteiger partial charge in [0.25, 0.3) is 0 Å². The maximum Gasteiger partial charge on any atom is 0.421 e. The Kier molecular flexibility index (Phi) is 4.64. The molecule has 2 aromatic carbocycles. The van der Waals surface area contributed by atoms with Crippen molar-refractivity contribution in [3.8, 4) is 0 Å². The van der Waals surface area contributed by atoms with Gasteiger partial charge in [0, 0.05) is 18.1 Å². The van der Waals surface area contributed by atoms with Gasteiger partial charge in [-0.15, -0.1) is 0 Å². The van der Waals surface area contributed by atoms with Gasteiger partial charge in [-0.2, -0.15) is 0 Å². The molecule has 5 heteroatoms. The summed E-state index contributed by atoms with van der Waals surface area (Å²) in [4.78, 5) is 14.5. The molecule has 0 amide bonds. The number of hydrogen-bond acceptors (Lipinski definition) is 3. The van der Waals surface area contributed by atoms with E-state index in [1.165, 1.54) is 5.56 Å². The summed E-state index contributed by atoms with van der Waals surface area (Å²) < 4.78 is 7.00. The fourth-order valence-electron chi connectivity index (χ4n) is 3.65. The zero-order chi connectivity index (χ0) is 17.2. The van der Waals surface area contributed by atoms with Gasteiger partial charge in [0.15, 0.2) is 5.58 Å². The van der Waals surface area contributed by atoms with Crippen molar-refractivity contribution in [3.05, 3.63) is 69.7 Å². The normalized spacial score (nSPS) is 16.5. The summed E-state index contributed by atoms with van der Waals surface area (Å²) >= 11 is 6.07. The third-order valence-electron chi connectivity index (χ3n) is 5.05. The van der Waals surface area contributed by atoms with E-state index in [4.69, 9.17) is 16.0 Å². The molecule has 1 aromatic heterocycles. The molecular formula is C20H21ClN2O2. The number of benzene rings is 2. The van der Waals surface area contributed by atoms with Crippen LogP contribution in [-0.2, 0) is 13.1 Å². The van der Waals surface area contributed by atoms with E-state index >= 15 is 0 Å². The maximum atomic E-state index is 12.2. The first-order valence-electron chi connectivity index (χ1n) is 8.74. The van der Waals surface area contributed by atoms with Crippen LogP contribution in [0.25, 0.3) is 11.1 Å². The molecule has 1 aliphatic rings. The van der Waals surface area contributed by atoms with Crippen molar-refractivity contribution in [1.82, 2.24) is 9.47 Å². The Morgan fingerprint density at radius 2 is 1.84 bits per heavy atom. The zero-order valence-corrected chi connectivity index (χ0v) is 14.8. The van der Waals surface area contributed by atoms with E-state index in [2.05, 4.69) is 35.2 Å². The van der Waals surface area contributed by atoms with Crippen LogP contribution in [0.4, 0.5) is 0 Å². The first-order valence-corrected chi connectivity index (χ1v) is 9.12. The number of likely N-dealkylation sites (tertiary alicyclic amines) is 1. The number of fused-ring (bicyclic) bond motifs is 1. The number of halogens is 1. The molecule has 1 aliphatic heterocycles. The number of piperidine rings is 1. The molecule has 0 unspecified atom stereocenters. The Hall–Kier alpha value is -2.04. The summed E-state index contributed by atoms with van der Waals surface area (Å²) in [5, 5.41) is 0.614. The van der Waals surface area contributed by atoms with E-state index in [9.17, 15) is 4.79 Å².